The van der Waals surface area contributed by atoms with Crippen LogP contribution in [-0.4, -0.2) is 55.2 Å². The number of fused-ring (bicyclic) bond motifs is 1. The molecule has 1 aliphatic rings. The summed E-state index contributed by atoms with van der Waals surface area (Å²) >= 11 is 0. The van der Waals surface area contributed by atoms with E-state index in [0.29, 0.717) is 36.5 Å². The summed E-state index contributed by atoms with van der Waals surface area (Å²) in [6.45, 7) is 7.55. The van der Waals surface area contributed by atoms with Crippen molar-refractivity contribution in [3.8, 4) is 5.88 Å². The number of carbonyl (C=O) groups excluding carboxylic acids is 1. The molecule has 4 rings (SSSR count). The summed E-state index contributed by atoms with van der Waals surface area (Å²) in [7, 11) is 1.85. The second-order valence-electron chi connectivity index (χ2n) is 7.12. The zero-order chi connectivity index (χ0) is 19.7. The largest absolute Gasteiger partial charge is 0.477 e. The van der Waals surface area contributed by atoms with Gasteiger partial charge in [-0.3, -0.25) is 9.48 Å². The monoisotopic (exact) mass is 381 g/mol. The summed E-state index contributed by atoms with van der Waals surface area (Å²) in [5, 5.41) is 8.10. The van der Waals surface area contributed by atoms with Gasteiger partial charge in [0, 0.05) is 38.4 Å². The number of ether oxygens (including phenoxy) is 1. The molecule has 0 aliphatic carbocycles. The van der Waals surface area contributed by atoms with Gasteiger partial charge in [0.15, 0.2) is 0 Å². The Morgan fingerprint density at radius 3 is 3.07 bits per heavy atom. The van der Waals surface area contributed by atoms with Gasteiger partial charge in [0.05, 0.1) is 23.9 Å². The smallest absolute Gasteiger partial charge is 0.245 e. The lowest BCUT2D eigenvalue weighted by Gasteiger charge is -2.16. The number of aromatic nitrogens is 5. The Morgan fingerprint density at radius 1 is 1.46 bits per heavy atom. The fourth-order valence-corrected chi connectivity index (χ4v) is 3.44. The number of rotatable bonds is 6. The van der Waals surface area contributed by atoms with E-state index in [0.717, 1.165) is 17.6 Å². The predicted octanol–water partition coefficient (Wildman–Crippen LogP) is 2.09. The van der Waals surface area contributed by atoms with Crippen LogP contribution in [0, 0.1) is 11.8 Å². The van der Waals surface area contributed by atoms with Gasteiger partial charge in [0.1, 0.15) is 5.65 Å². The SMILES string of the molecule is C=CC(=O)N1CC(COc2nc(Nc3cnn(C)c3)nc3[nH]ccc23)[C@@H](C)C1. The van der Waals surface area contributed by atoms with Crippen molar-refractivity contribution < 1.29 is 9.53 Å². The first kappa shape index (κ1) is 18.0. The summed E-state index contributed by atoms with van der Waals surface area (Å²) < 4.78 is 7.78. The Bertz CT molecular complexity index is 1010. The Labute approximate surface area is 162 Å². The molecule has 1 unspecified atom stereocenters. The second-order valence-corrected chi connectivity index (χ2v) is 7.12. The van der Waals surface area contributed by atoms with Crippen LogP contribution in [0.25, 0.3) is 11.0 Å². The molecule has 2 N–H and O–H groups in total. The number of H-pyrrole nitrogens is 1. The van der Waals surface area contributed by atoms with Crippen LogP contribution in [0.1, 0.15) is 6.92 Å². The van der Waals surface area contributed by atoms with Crippen molar-refractivity contribution in [1.82, 2.24) is 29.6 Å². The number of carbonyl (C=O) groups is 1. The predicted molar refractivity (Wildman–Crippen MR) is 105 cm³/mol. The maximum Gasteiger partial charge on any atom is 0.245 e. The summed E-state index contributed by atoms with van der Waals surface area (Å²) in [5.41, 5.74) is 1.49. The van der Waals surface area contributed by atoms with Crippen molar-refractivity contribution in [3.63, 3.8) is 0 Å². The van der Waals surface area contributed by atoms with E-state index in [1.54, 1.807) is 10.9 Å². The lowest BCUT2D eigenvalue weighted by Crippen LogP contribution is -2.27. The molecule has 0 radical (unpaired) electrons. The van der Waals surface area contributed by atoms with Crippen LogP contribution in [0.2, 0.25) is 0 Å². The van der Waals surface area contributed by atoms with Gasteiger partial charge in [0.25, 0.3) is 0 Å². The molecule has 1 amide bonds. The third-order valence-corrected chi connectivity index (χ3v) is 5.03. The fourth-order valence-electron chi connectivity index (χ4n) is 3.44. The van der Waals surface area contributed by atoms with E-state index in [1.807, 2.05) is 30.4 Å². The lowest BCUT2D eigenvalue weighted by molar-refractivity contribution is -0.125. The van der Waals surface area contributed by atoms with E-state index in [9.17, 15) is 4.79 Å². The van der Waals surface area contributed by atoms with E-state index in [-0.39, 0.29) is 11.8 Å². The Kier molecular flexibility index (Phi) is 4.72. The van der Waals surface area contributed by atoms with Gasteiger partial charge in [0.2, 0.25) is 17.7 Å². The molecule has 9 nitrogen and oxygen atoms in total. The molecule has 1 fully saturated rings. The molecule has 1 aliphatic heterocycles. The first-order chi connectivity index (χ1) is 13.5. The second kappa shape index (κ2) is 7.34. The number of hydrogen-bond acceptors (Lipinski definition) is 6. The standard InChI is InChI=1S/C19H23N7O2/c1-4-16(27)26-8-12(2)13(9-26)11-28-18-15-5-6-20-17(15)23-19(24-18)22-14-7-21-25(3)10-14/h4-7,10,12-13H,1,8-9,11H2,2-3H3,(H2,20,22,23,24)/t12-,13?/m0/s1. The first-order valence-electron chi connectivity index (χ1n) is 9.18. The molecule has 0 saturated carbocycles. The number of aryl methyl sites for hydroxylation is 1. The molecular formula is C19H23N7O2. The van der Waals surface area contributed by atoms with Gasteiger partial charge in [-0.05, 0) is 18.1 Å². The van der Waals surface area contributed by atoms with E-state index in [2.05, 4.69) is 38.9 Å². The molecule has 9 heteroatoms. The third-order valence-electron chi connectivity index (χ3n) is 5.03. The first-order valence-corrected chi connectivity index (χ1v) is 9.18. The third kappa shape index (κ3) is 3.55. The molecule has 0 bridgehead atoms. The van der Waals surface area contributed by atoms with Crippen LogP contribution >= 0.6 is 0 Å². The van der Waals surface area contributed by atoms with E-state index >= 15 is 0 Å². The normalized spacial score (nSPS) is 19.1. The van der Waals surface area contributed by atoms with Crippen molar-refractivity contribution in [2.75, 3.05) is 25.0 Å². The highest BCUT2D eigenvalue weighted by molar-refractivity contribution is 5.87. The average molecular weight is 381 g/mol. The molecule has 146 valence electrons. The van der Waals surface area contributed by atoms with Gasteiger partial charge < -0.3 is 19.9 Å². The van der Waals surface area contributed by atoms with Gasteiger partial charge in [-0.25, -0.2) is 0 Å². The summed E-state index contributed by atoms with van der Waals surface area (Å²) in [6, 6.07) is 1.89. The Balaban J connectivity index is 1.51. The molecular weight excluding hydrogens is 358 g/mol. The summed E-state index contributed by atoms with van der Waals surface area (Å²) in [5.74, 6) is 1.50. The zero-order valence-electron chi connectivity index (χ0n) is 15.9. The number of amides is 1. The van der Waals surface area contributed by atoms with Crippen molar-refractivity contribution in [2.45, 2.75) is 6.92 Å². The molecule has 0 spiro atoms. The Hall–Kier alpha value is -3.36. The highest BCUT2D eigenvalue weighted by Gasteiger charge is 2.32. The van der Waals surface area contributed by atoms with Gasteiger partial charge in [-0.2, -0.15) is 15.1 Å². The van der Waals surface area contributed by atoms with Crippen molar-refractivity contribution >= 4 is 28.6 Å². The topological polar surface area (TPSA) is 101 Å². The van der Waals surface area contributed by atoms with Crippen molar-refractivity contribution in [2.24, 2.45) is 18.9 Å². The van der Waals surface area contributed by atoms with Crippen molar-refractivity contribution in [3.05, 3.63) is 37.3 Å². The Morgan fingerprint density at radius 2 is 2.32 bits per heavy atom. The molecule has 2 atom stereocenters. The van der Waals surface area contributed by atoms with Crippen molar-refractivity contribution in [1.29, 1.82) is 0 Å². The molecule has 3 aromatic heterocycles. The fraction of sp³-hybridized carbons (Fsp3) is 0.368. The molecule has 4 heterocycles. The molecule has 28 heavy (non-hydrogen) atoms. The van der Waals surface area contributed by atoms with Gasteiger partial charge >= 0.3 is 0 Å². The maximum absolute atomic E-state index is 11.9. The van der Waals surface area contributed by atoms with Crippen LogP contribution in [0.15, 0.2) is 37.3 Å². The minimum absolute atomic E-state index is 0.0348. The van der Waals surface area contributed by atoms with Crippen LogP contribution in [0.5, 0.6) is 5.88 Å². The molecule has 1 saturated heterocycles. The summed E-state index contributed by atoms with van der Waals surface area (Å²) in [4.78, 5) is 25.8. The van der Waals surface area contributed by atoms with Crippen LogP contribution in [0.4, 0.5) is 11.6 Å². The van der Waals surface area contributed by atoms with Crippen LogP contribution < -0.4 is 10.1 Å². The number of hydrogen-bond donors (Lipinski definition) is 2. The van der Waals surface area contributed by atoms with Gasteiger partial charge in [-0.1, -0.05) is 13.5 Å². The zero-order valence-corrected chi connectivity index (χ0v) is 15.9. The number of likely N-dealkylation sites (tertiary alicyclic amines) is 1. The minimum atomic E-state index is -0.0348. The number of aromatic amines is 1. The quantitative estimate of drug-likeness (QED) is 0.634. The molecule has 3 aromatic rings. The van der Waals surface area contributed by atoms with Crippen LogP contribution in [-0.2, 0) is 11.8 Å². The maximum atomic E-state index is 11.9. The van der Waals surface area contributed by atoms with Gasteiger partial charge in [-0.15, -0.1) is 0 Å². The van der Waals surface area contributed by atoms with E-state index in [4.69, 9.17) is 4.74 Å². The highest BCUT2D eigenvalue weighted by Crippen LogP contribution is 2.28. The number of anilines is 2. The van der Waals surface area contributed by atoms with E-state index in [1.165, 1.54) is 6.08 Å². The van der Waals surface area contributed by atoms with E-state index < -0.39 is 0 Å². The number of nitrogens with zero attached hydrogens (tertiary/aromatic N) is 5. The van der Waals surface area contributed by atoms with Crippen LogP contribution in [0.3, 0.4) is 0 Å². The highest BCUT2D eigenvalue weighted by atomic mass is 16.5. The molecule has 0 aromatic carbocycles. The minimum Gasteiger partial charge on any atom is -0.477 e. The summed E-state index contributed by atoms with van der Waals surface area (Å²) in [6.07, 6.45) is 6.71. The number of nitrogens with one attached hydrogen (secondary N) is 2. The lowest BCUT2D eigenvalue weighted by atomic mass is 9.99. The average Bonchev–Trinajstić information content (AvgIpc) is 3.39.